The molecule has 0 aromatic rings. The molecule has 1 fully saturated rings. The van der Waals surface area contributed by atoms with Crippen molar-refractivity contribution < 1.29 is 9.53 Å². The quantitative estimate of drug-likeness (QED) is 0.706. The lowest BCUT2D eigenvalue weighted by Gasteiger charge is -2.31. The average Bonchev–Trinajstić information content (AvgIpc) is 2.15. The summed E-state index contributed by atoms with van der Waals surface area (Å²) in [7, 11) is 0. The van der Waals surface area contributed by atoms with Crippen molar-refractivity contribution in [1.82, 2.24) is 4.90 Å². The van der Waals surface area contributed by atoms with E-state index < -0.39 is 6.10 Å². The van der Waals surface area contributed by atoms with Gasteiger partial charge in [0.2, 0.25) is 5.91 Å². The summed E-state index contributed by atoms with van der Waals surface area (Å²) in [4.78, 5) is 13.2. The molecule has 4 heteroatoms. The minimum Gasteiger partial charge on any atom is -0.367 e. The molecule has 0 aromatic heterocycles. The average molecular weight is 200 g/mol. The van der Waals surface area contributed by atoms with Crippen LogP contribution in [0.5, 0.6) is 0 Å². The number of ether oxygens (including phenoxy) is 1. The standard InChI is InChI=1S/C10H20N2O2/c1-8(2)3-4-12-5-6-14-9(7-12)10(11)13/h8-9H,3-7H2,1-2H3,(H2,11,13). The summed E-state index contributed by atoms with van der Waals surface area (Å²) in [5.74, 6) is 0.351. The zero-order valence-electron chi connectivity index (χ0n) is 9.03. The van der Waals surface area contributed by atoms with Crippen molar-refractivity contribution in [1.29, 1.82) is 0 Å². The van der Waals surface area contributed by atoms with Gasteiger partial charge in [-0.25, -0.2) is 0 Å². The van der Waals surface area contributed by atoms with Gasteiger partial charge in [-0.1, -0.05) is 13.8 Å². The van der Waals surface area contributed by atoms with E-state index in [1.165, 1.54) is 0 Å². The molecule has 1 atom stereocenters. The number of hydrogen-bond donors (Lipinski definition) is 1. The molecule has 0 aromatic carbocycles. The molecule has 1 unspecified atom stereocenters. The van der Waals surface area contributed by atoms with Crippen LogP contribution >= 0.6 is 0 Å². The summed E-state index contributed by atoms with van der Waals surface area (Å²) < 4.78 is 5.26. The van der Waals surface area contributed by atoms with E-state index in [1.807, 2.05) is 0 Å². The number of nitrogens with two attached hydrogens (primary N) is 1. The zero-order valence-corrected chi connectivity index (χ0v) is 9.03. The van der Waals surface area contributed by atoms with Gasteiger partial charge in [0.15, 0.2) is 0 Å². The third kappa shape index (κ3) is 3.64. The van der Waals surface area contributed by atoms with Gasteiger partial charge in [0, 0.05) is 13.1 Å². The van der Waals surface area contributed by atoms with E-state index in [0.717, 1.165) is 19.5 Å². The molecule has 1 saturated heterocycles. The maximum atomic E-state index is 10.9. The Morgan fingerprint density at radius 2 is 2.36 bits per heavy atom. The largest absolute Gasteiger partial charge is 0.367 e. The molecule has 0 spiro atoms. The normalized spacial score (nSPS) is 24.1. The SMILES string of the molecule is CC(C)CCN1CCOC(C(N)=O)C1. The van der Waals surface area contributed by atoms with Crippen LogP contribution in [-0.2, 0) is 9.53 Å². The van der Waals surface area contributed by atoms with E-state index in [9.17, 15) is 4.79 Å². The predicted octanol–water partition coefficient (Wildman–Crippen LogP) is 0.219. The molecule has 0 saturated carbocycles. The number of hydrogen-bond acceptors (Lipinski definition) is 3. The van der Waals surface area contributed by atoms with Crippen molar-refractivity contribution in [3.8, 4) is 0 Å². The Morgan fingerprint density at radius 3 is 2.93 bits per heavy atom. The van der Waals surface area contributed by atoms with Gasteiger partial charge in [-0.2, -0.15) is 0 Å². The van der Waals surface area contributed by atoms with Gasteiger partial charge in [0.25, 0.3) is 0 Å². The number of primary amides is 1. The highest BCUT2D eigenvalue weighted by atomic mass is 16.5. The second-order valence-electron chi connectivity index (χ2n) is 4.24. The van der Waals surface area contributed by atoms with Crippen molar-refractivity contribution in [2.75, 3.05) is 26.2 Å². The number of carbonyl (C=O) groups excluding carboxylic acids is 1. The Labute approximate surface area is 85.4 Å². The lowest BCUT2D eigenvalue weighted by Crippen LogP contribution is -2.48. The lowest BCUT2D eigenvalue weighted by molar-refractivity contribution is -0.135. The Morgan fingerprint density at radius 1 is 1.64 bits per heavy atom. The monoisotopic (exact) mass is 200 g/mol. The van der Waals surface area contributed by atoms with E-state index in [-0.39, 0.29) is 5.91 Å². The molecule has 1 aliphatic heterocycles. The second kappa shape index (κ2) is 5.32. The fraction of sp³-hybridized carbons (Fsp3) is 0.900. The van der Waals surface area contributed by atoms with Crippen LogP contribution in [0.25, 0.3) is 0 Å². The van der Waals surface area contributed by atoms with Crippen LogP contribution in [0.4, 0.5) is 0 Å². The number of rotatable bonds is 4. The van der Waals surface area contributed by atoms with Gasteiger partial charge < -0.3 is 10.5 Å². The van der Waals surface area contributed by atoms with E-state index in [2.05, 4.69) is 18.7 Å². The summed E-state index contributed by atoms with van der Waals surface area (Å²) in [5.41, 5.74) is 5.19. The first-order chi connectivity index (χ1) is 6.59. The van der Waals surface area contributed by atoms with Gasteiger partial charge in [0.05, 0.1) is 6.61 Å². The van der Waals surface area contributed by atoms with Crippen molar-refractivity contribution in [2.45, 2.75) is 26.4 Å². The molecule has 82 valence electrons. The molecule has 1 amide bonds. The second-order valence-corrected chi connectivity index (χ2v) is 4.24. The Balaban J connectivity index is 2.29. The van der Waals surface area contributed by atoms with Crippen molar-refractivity contribution >= 4 is 5.91 Å². The fourth-order valence-corrected chi connectivity index (χ4v) is 1.52. The molecule has 1 aliphatic rings. The zero-order chi connectivity index (χ0) is 10.6. The summed E-state index contributed by atoms with van der Waals surface area (Å²) >= 11 is 0. The van der Waals surface area contributed by atoms with Crippen LogP contribution in [0.1, 0.15) is 20.3 Å². The number of nitrogens with zero attached hydrogens (tertiary/aromatic N) is 1. The summed E-state index contributed by atoms with van der Waals surface area (Å²) in [6, 6.07) is 0. The third-order valence-electron chi connectivity index (χ3n) is 2.49. The molecule has 0 aliphatic carbocycles. The topological polar surface area (TPSA) is 55.6 Å². The van der Waals surface area contributed by atoms with Crippen molar-refractivity contribution in [3.05, 3.63) is 0 Å². The van der Waals surface area contributed by atoms with Crippen molar-refractivity contribution in [2.24, 2.45) is 11.7 Å². The Kier molecular flexibility index (Phi) is 4.35. The van der Waals surface area contributed by atoms with Crippen LogP contribution in [0.3, 0.4) is 0 Å². The molecule has 14 heavy (non-hydrogen) atoms. The molecule has 4 nitrogen and oxygen atoms in total. The van der Waals surface area contributed by atoms with Gasteiger partial charge in [-0.3, -0.25) is 9.69 Å². The highest BCUT2D eigenvalue weighted by molar-refractivity contribution is 5.79. The minimum absolute atomic E-state index is 0.348. The third-order valence-corrected chi connectivity index (χ3v) is 2.49. The van der Waals surface area contributed by atoms with Gasteiger partial charge >= 0.3 is 0 Å². The maximum Gasteiger partial charge on any atom is 0.247 e. The molecular formula is C10H20N2O2. The number of morpholine rings is 1. The van der Waals surface area contributed by atoms with E-state index in [1.54, 1.807) is 0 Å². The first-order valence-electron chi connectivity index (χ1n) is 5.23. The van der Waals surface area contributed by atoms with Gasteiger partial charge in [-0.15, -0.1) is 0 Å². The van der Waals surface area contributed by atoms with E-state index in [4.69, 9.17) is 10.5 Å². The van der Waals surface area contributed by atoms with Crippen LogP contribution in [-0.4, -0.2) is 43.2 Å². The molecule has 0 bridgehead atoms. The fourth-order valence-electron chi connectivity index (χ4n) is 1.52. The number of carbonyl (C=O) groups is 1. The molecule has 1 rings (SSSR count). The highest BCUT2D eigenvalue weighted by Gasteiger charge is 2.24. The molecule has 2 N–H and O–H groups in total. The van der Waals surface area contributed by atoms with Gasteiger partial charge in [0.1, 0.15) is 6.10 Å². The van der Waals surface area contributed by atoms with Crippen LogP contribution in [0.2, 0.25) is 0 Å². The minimum atomic E-state index is -0.407. The van der Waals surface area contributed by atoms with Gasteiger partial charge in [-0.05, 0) is 18.9 Å². The lowest BCUT2D eigenvalue weighted by atomic mass is 10.1. The molecular weight excluding hydrogens is 180 g/mol. The molecule has 1 heterocycles. The first kappa shape index (κ1) is 11.5. The van der Waals surface area contributed by atoms with Crippen molar-refractivity contribution in [3.63, 3.8) is 0 Å². The summed E-state index contributed by atoms with van der Waals surface area (Å²) in [6.07, 6.45) is 0.752. The summed E-state index contributed by atoms with van der Waals surface area (Å²) in [6.45, 7) is 7.62. The maximum absolute atomic E-state index is 10.9. The number of amides is 1. The van der Waals surface area contributed by atoms with E-state index in [0.29, 0.717) is 19.1 Å². The van der Waals surface area contributed by atoms with Crippen LogP contribution < -0.4 is 5.73 Å². The summed E-state index contributed by atoms with van der Waals surface area (Å²) in [5, 5.41) is 0. The first-order valence-corrected chi connectivity index (χ1v) is 5.23. The Bertz CT molecular complexity index is 195. The Hall–Kier alpha value is -0.610. The molecule has 0 radical (unpaired) electrons. The smallest absolute Gasteiger partial charge is 0.247 e. The van der Waals surface area contributed by atoms with E-state index >= 15 is 0 Å². The predicted molar refractivity (Wildman–Crippen MR) is 54.8 cm³/mol. The van der Waals surface area contributed by atoms with Crippen LogP contribution in [0, 0.1) is 5.92 Å². The highest BCUT2D eigenvalue weighted by Crippen LogP contribution is 2.08. The van der Waals surface area contributed by atoms with Crippen LogP contribution in [0.15, 0.2) is 0 Å².